The predicted octanol–water partition coefficient (Wildman–Crippen LogP) is 3.07. The van der Waals surface area contributed by atoms with Crippen LogP contribution in [0.5, 0.6) is 0 Å². The van der Waals surface area contributed by atoms with Crippen LogP contribution < -0.4 is 16.2 Å². The topological polar surface area (TPSA) is 126 Å². The van der Waals surface area contributed by atoms with Crippen molar-refractivity contribution in [3.8, 4) is 11.3 Å². The Labute approximate surface area is 204 Å². The van der Waals surface area contributed by atoms with Crippen molar-refractivity contribution in [3.05, 3.63) is 63.7 Å². The van der Waals surface area contributed by atoms with Crippen molar-refractivity contribution in [3.63, 3.8) is 0 Å². The van der Waals surface area contributed by atoms with Crippen molar-refractivity contribution in [2.45, 2.75) is 6.18 Å². The molecule has 34 heavy (non-hydrogen) atoms. The first kappa shape index (κ1) is 25.5. The van der Waals surface area contributed by atoms with E-state index in [1.54, 1.807) is 12.1 Å². The molecule has 0 aliphatic rings. The molecule has 4 rings (SSSR count). The second-order valence-electron chi connectivity index (χ2n) is 7.00. The van der Waals surface area contributed by atoms with Crippen LogP contribution in [0.1, 0.15) is 10.4 Å². The Morgan fingerprint density at radius 1 is 1.15 bits per heavy atom. The van der Waals surface area contributed by atoms with Crippen molar-refractivity contribution >= 4 is 61.2 Å². The van der Waals surface area contributed by atoms with Crippen LogP contribution >= 0.6 is 27.5 Å². The quantitative estimate of drug-likeness (QED) is 0.357. The highest BCUT2D eigenvalue weighted by Gasteiger charge is 2.28. The molecular formula is C22H17BrClF3N4O3. The molecule has 2 aromatic carbocycles. The van der Waals surface area contributed by atoms with Crippen LogP contribution in [0, 0.1) is 0 Å². The van der Waals surface area contributed by atoms with Crippen molar-refractivity contribution in [2.75, 3.05) is 13.1 Å². The average molecular weight is 558 g/mol. The maximum atomic E-state index is 12.7. The van der Waals surface area contributed by atoms with Crippen LogP contribution in [0.2, 0.25) is 5.02 Å². The number of carbonyl (C=O) groups is 2. The van der Waals surface area contributed by atoms with E-state index in [0.29, 0.717) is 23.7 Å². The van der Waals surface area contributed by atoms with Crippen molar-refractivity contribution in [1.82, 2.24) is 15.3 Å². The lowest BCUT2D eigenvalue weighted by Gasteiger charge is -2.10. The van der Waals surface area contributed by atoms with Gasteiger partial charge in [0.25, 0.3) is 5.91 Å². The number of quaternary nitrogens is 1. The number of pyridine rings is 1. The lowest BCUT2D eigenvalue weighted by atomic mass is 10.0. The van der Waals surface area contributed by atoms with Gasteiger partial charge in [0.2, 0.25) is 0 Å². The van der Waals surface area contributed by atoms with E-state index in [-0.39, 0.29) is 5.91 Å². The second-order valence-corrected chi connectivity index (χ2v) is 8.36. The number of amides is 1. The summed E-state index contributed by atoms with van der Waals surface area (Å²) in [7, 11) is 0. The molecule has 0 bridgehead atoms. The van der Waals surface area contributed by atoms with Gasteiger partial charge in [0, 0.05) is 37.5 Å². The van der Waals surface area contributed by atoms with Gasteiger partial charge in [0.05, 0.1) is 29.9 Å². The van der Waals surface area contributed by atoms with Crippen LogP contribution in [-0.4, -0.2) is 41.1 Å². The molecule has 2 heterocycles. The van der Waals surface area contributed by atoms with Gasteiger partial charge in [-0.3, -0.25) is 4.79 Å². The molecular weight excluding hydrogens is 541 g/mol. The number of hydrogen-bond acceptors (Lipinski definition) is 4. The van der Waals surface area contributed by atoms with Crippen molar-refractivity contribution in [1.29, 1.82) is 0 Å². The summed E-state index contributed by atoms with van der Waals surface area (Å²) in [6.07, 6.45) is -3.28. The average Bonchev–Trinajstić information content (AvgIpc) is 3.19. The van der Waals surface area contributed by atoms with E-state index in [2.05, 4.69) is 32.0 Å². The Kier molecular flexibility index (Phi) is 7.80. The summed E-state index contributed by atoms with van der Waals surface area (Å²) in [6.45, 7) is 1.14. The molecule has 2 aromatic heterocycles. The minimum absolute atomic E-state index is 0.157. The van der Waals surface area contributed by atoms with Gasteiger partial charge >= 0.3 is 6.18 Å². The van der Waals surface area contributed by atoms with E-state index in [0.717, 1.165) is 37.5 Å². The fourth-order valence-corrected chi connectivity index (χ4v) is 3.66. The van der Waals surface area contributed by atoms with Crippen molar-refractivity contribution < 1.29 is 33.6 Å². The fourth-order valence-electron chi connectivity index (χ4n) is 3.13. The first-order chi connectivity index (χ1) is 16.0. The summed E-state index contributed by atoms with van der Waals surface area (Å²) in [6, 6.07) is 13.2. The number of nitrogens with zero attached hydrogens (tertiary/aromatic N) is 1. The van der Waals surface area contributed by atoms with Gasteiger partial charge in [0.15, 0.2) is 0 Å². The molecule has 0 radical (unpaired) electrons. The number of aromatic amines is 1. The summed E-state index contributed by atoms with van der Waals surface area (Å²) < 4.78 is 32.5. The van der Waals surface area contributed by atoms with Gasteiger partial charge in [-0.2, -0.15) is 13.2 Å². The van der Waals surface area contributed by atoms with Gasteiger partial charge in [-0.1, -0.05) is 27.5 Å². The SMILES string of the molecule is O=C([O-])C(F)(F)F.[NH3+]CCNC(=O)c1cc(-c2c[nH]c3ccc(Br)cc23)nc2ccc(Cl)cc12. The number of nitrogens with one attached hydrogen (secondary N) is 2. The lowest BCUT2D eigenvalue weighted by Crippen LogP contribution is -2.54. The number of fused-ring (bicyclic) bond motifs is 2. The third-order valence-corrected chi connectivity index (χ3v) is 5.36. The molecule has 0 fully saturated rings. The molecule has 0 atom stereocenters. The summed E-state index contributed by atoms with van der Waals surface area (Å²) >= 11 is 9.67. The van der Waals surface area contributed by atoms with Crippen LogP contribution in [0.15, 0.2) is 53.1 Å². The van der Waals surface area contributed by atoms with Gasteiger partial charge < -0.3 is 25.9 Å². The second kappa shape index (κ2) is 10.4. The fraction of sp³-hybridized carbons (Fsp3) is 0.136. The van der Waals surface area contributed by atoms with Gasteiger partial charge in [0.1, 0.15) is 5.97 Å². The number of aromatic nitrogens is 2. The predicted molar refractivity (Wildman–Crippen MR) is 123 cm³/mol. The van der Waals surface area contributed by atoms with Crippen LogP contribution in [0.3, 0.4) is 0 Å². The van der Waals surface area contributed by atoms with E-state index < -0.39 is 12.1 Å². The maximum absolute atomic E-state index is 12.7. The maximum Gasteiger partial charge on any atom is 0.430 e. The number of halogens is 5. The highest BCUT2D eigenvalue weighted by molar-refractivity contribution is 9.10. The Hall–Kier alpha value is -3.15. The monoisotopic (exact) mass is 556 g/mol. The van der Waals surface area contributed by atoms with Gasteiger partial charge in [-0.15, -0.1) is 0 Å². The molecule has 0 unspecified atom stereocenters. The zero-order valence-corrected chi connectivity index (χ0v) is 19.6. The molecule has 7 nitrogen and oxygen atoms in total. The molecule has 12 heteroatoms. The highest BCUT2D eigenvalue weighted by atomic mass is 79.9. The largest absolute Gasteiger partial charge is 0.542 e. The van der Waals surface area contributed by atoms with Crippen molar-refractivity contribution in [2.24, 2.45) is 0 Å². The molecule has 0 aliphatic heterocycles. The minimum Gasteiger partial charge on any atom is -0.542 e. The first-order valence-electron chi connectivity index (χ1n) is 9.74. The summed E-state index contributed by atoms with van der Waals surface area (Å²) in [5.41, 5.74) is 7.72. The Balaban J connectivity index is 0.000000406. The molecule has 0 aliphatic carbocycles. The van der Waals surface area contributed by atoms with E-state index in [4.69, 9.17) is 26.5 Å². The minimum atomic E-state index is -5.19. The number of carboxylic acids is 1. The molecule has 0 saturated carbocycles. The standard InChI is InChI=1S/C20H16BrClN4O.C2HF3O2/c21-11-1-3-17-13(7-11)16(10-25-17)19-9-15(20(27)24-6-5-23)14-8-12(22)2-4-18(14)26-19;3-2(4,5)1(6)7/h1-4,7-10,25H,5-6,23H2,(H,24,27);(H,6,7). The zero-order valence-electron chi connectivity index (χ0n) is 17.3. The van der Waals surface area contributed by atoms with Gasteiger partial charge in [-0.25, -0.2) is 4.98 Å². The normalized spacial score (nSPS) is 11.2. The van der Waals surface area contributed by atoms with E-state index in [1.165, 1.54) is 0 Å². The summed E-state index contributed by atoms with van der Waals surface area (Å²) in [5, 5.41) is 14.0. The smallest absolute Gasteiger partial charge is 0.430 e. The Morgan fingerprint density at radius 2 is 1.85 bits per heavy atom. The number of benzene rings is 2. The number of carbonyl (C=O) groups excluding carboxylic acids is 2. The molecule has 1 amide bonds. The van der Waals surface area contributed by atoms with Gasteiger partial charge in [-0.05, 0) is 42.5 Å². The molecule has 178 valence electrons. The molecule has 0 saturated heterocycles. The van der Waals surface area contributed by atoms with Crippen LogP contribution in [0.25, 0.3) is 33.1 Å². The highest BCUT2D eigenvalue weighted by Crippen LogP contribution is 2.32. The molecule has 0 spiro atoms. The Bertz CT molecular complexity index is 1380. The number of carboxylic acid groups (broad SMARTS) is 1. The lowest BCUT2D eigenvalue weighted by molar-refractivity contribution is -0.364. The van der Waals surface area contributed by atoms with E-state index in [1.807, 2.05) is 36.5 Å². The summed E-state index contributed by atoms with van der Waals surface area (Å²) in [5.74, 6) is -3.16. The molecule has 5 N–H and O–H groups in total. The van der Waals surface area contributed by atoms with E-state index in [9.17, 15) is 18.0 Å². The van der Waals surface area contributed by atoms with Crippen LogP contribution in [0.4, 0.5) is 13.2 Å². The summed E-state index contributed by atoms with van der Waals surface area (Å²) in [4.78, 5) is 29.6. The number of rotatable bonds is 4. The number of H-pyrrole nitrogens is 1. The molecule has 4 aromatic rings. The number of alkyl halides is 3. The zero-order chi connectivity index (χ0) is 25.0. The van der Waals surface area contributed by atoms with Crippen LogP contribution in [-0.2, 0) is 4.79 Å². The first-order valence-corrected chi connectivity index (χ1v) is 10.9. The third kappa shape index (κ3) is 5.85. The number of hydrogen-bond donors (Lipinski definition) is 3. The van der Waals surface area contributed by atoms with E-state index >= 15 is 0 Å². The Morgan fingerprint density at radius 3 is 2.50 bits per heavy atom. The third-order valence-electron chi connectivity index (χ3n) is 4.63. The number of aliphatic carboxylic acids is 1.